The SMILES string of the molecule is O=C(N[C@@H]1CC[C@@H](NC[C@@H](O)COc2ccc(Cl)c(F)c2)C1)c1cc2cc(Cl)ccc2o1. The van der Waals surface area contributed by atoms with Crippen LogP contribution in [-0.2, 0) is 0 Å². The van der Waals surface area contributed by atoms with Crippen molar-refractivity contribution in [3.8, 4) is 5.75 Å². The molecule has 32 heavy (non-hydrogen) atoms. The first-order valence-corrected chi connectivity index (χ1v) is 11.1. The highest BCUT2D eigenvalue weighted by Crippen LogP contribution is 2.25. The van der Waals surface area contributed by atoms with E-state index >= 15 is 0 Å². The van der Waals surface area contributed by atoms with Gasteiger partial charge >= 0.3 is 0 Å². The molecule has 3 N–H and O–H groups in total. The van der Waals surface area contributed by atoms with Gasteiger partial charge in [-0.3, -0.25) is 4.79 Å². The van der Waals surface area contributed by atoms with Crippen LogP contribution in [0.15, 0.2) is 46.9 Å². The number of nitrogens with one attached hydrogen (secondary N) is 2. The fourth-order valence-corrected chi connectivity index (χ4v) is 4.10. The van der Waals surface area contributed by atoms with E-state index < -0.39 is 11.9 Å². The van der Waals surface area contributed by atoms with Gasteiger partial charge in [0.05, 0.1) is 5.02 Å². The fraction of sp³-hybridized carbons (Fsp3) is 0.348. The molecule has 3 atom stereocenters. The van der Waals surface area contributed by atoms with Crippen LogP contribution in [0.4, 0.5) is 4.39 Å². The van der Waals surface area contributed by atoms with Crippen LogP contribution < -0.4 is 15.4 Å². The van der Waals surface area contributed by atoms with Gasteiger partial charge in [-0.2, -0.15) is 0 Å². The Labute approximate surface area is 194 Å². The first-order chi connectivity index (χ1) is 15.4. The summed E-state index contributed by atoms with van der Waals surface area (Å²) in [5.74, 6) is -0.263. The Morgan fingerprint density at radius 2 is 2.00 bits per heavy atom. The number of furan rings is 1. The van der Waals surface area contributed by atoms with Gasteiger partial charge in [0, 0.05) is 35.1 Å². The lowest BCUT2D eigenvalue weighted by atomic mass is 10.2. The molecule has 0 radical (unpaired) electrons. The van der Waals surface area contributed by atoms with Crippen molar-refractivity contribution in [2.24, 2.45) is 0 Å². The van der Waals surface area contributed by atoms with Crippen molar-refractivity contribution < 1.29 is 23.4 Å². The second-order valence-corrected chi connectivity index (χ2v) is 8.77. The minimum atomic E-state index is -0.759. The van der Waals surface area contributed by atoms with Gasteiger partial charge in [0.1, 0.15) is 29.9 Å². The van der Waals surface area contributed by atoms with Crippen molar-refractivity contribution >= 4 is 40.1 Å². The predicted molar refractivity (Wildman–Crippen MR) is 121 cm³/mol. The Kier molecular flexibility index (Phi) is 7.20. The van der Waals surface area contributed by atoms with Gasteiger partial charge in [-0.15, -0.1) is 0 Å². The summed E-state index contributed by atoms with van der Waals surface area (Å²) in [6.45, 7) is 0.350. The molecule has 1 aliphatic carbocycles. The number of fused-ring (bicyclic) bond motifs is 1. The zero-order valence-corrected chi connectivity index (χ0v) is 18.6. The molecule has 170 valence electrons. The molecule has 3 aromatic rings. The number of ether oxygens (including phenoxy) is 1. The molecule has 0 bridgehead atoms. The molecule has 0 unspecified atom stereocenters. The normalized spacial score (nSPS) is 19.2. The smallest absolute Gasteiger partial charge is 0.287 e. The third-order valence-electron chi connectivity index (χ3n) is 5.45. The van der Waals surface area contributed by atoms with E-state index in [1.165, 1.54) is 12.1 Å². The van der Waals surface area contributed by atoms with Gasteiger partial charge in [0.25, 0.3) is 5.91 Å². The molecule has 0 saturated heterocycles. The van der Waals surface area contributed by atoms with Crippen LogP contribution >= 0.6 is 23.2 Å². The first kappa shape index (κ1) is 22.9. The number of aliphatic hydroxyl groups excluding tert-OH is 1. The number of rotatable bonds is 8. The Hall–Kier alpha value is -2.32. The quantitative estimate of drug-likeness (QED) is 0.440. The molecule has 1 fully saturated rings. The summed E-state index contributed by atoms with van der Waals surface area (Å²) >= 11 is 11.6. The van der Waals surface area contributed by atoms with Gasteiger partial charge in [-0.1, -0.05) is 23.2 Å². The fourth-order valence-electron chi connectivity index (χ4n) is 3.80. The maximum atomic E-state index is 13.4. The van der Waals surface area contributed by atoms with E-state index in [1.807, 2.05) is 0 Å². The molecule has 0 aliphatic heterocycles. The summed E-state index contributed by atoms with van der Waals surface area (Å²) in [6, 6.07) is 11.2. The highest BCUT2D eigenvalue weighted by molar-refractivity contribution is 6.31. The topological polar surface area (TPSA) is 83.7 Å². The molecule has 0 spiro atoms. The second-order valence-electron chi connectivity index (χ2n) is 7.92. The number of hydrogen-bond acceptors (Lipinski definition) is 5. The Balaban J connectivity index is 1.20. The third kappa shape index (κ3) is 5.72. The van der Waals surface area contributed by atoms with Crippen LogP contribution in [-0.4, -0.2) is 42.4 Å². The first-order valence-electron chi connectivity index (χ1n) is 10.4. The van der Waals surface area contributed by atoms with E-state index in [2.05, 4.69) is 10.6 Å². The Morgan fingerprint density at radius 1 is 1.19 bits per heavy atom. The van der Waals surface area contributed by atoms with Crippen LogP contribution in [0.25, 0.3) is 11.0 Å². The van der Waals surface area contributed by atoms with Gasteiger partial charge in [0.2, 0.25) is 0 Å². The number of benzene rings is 2. The van der Waals surface area contributed by atoms with Crippen molar-refractivity contribution in [1.29, 1.82) is 0 Å². The molecule has 2 aromatic carbocycles. The van der Waals surface area contributed by atoms with E-state index in [4.69, 9.17) is 32.4 Å². The molecule has 1 saturated carbocycles. The number of amides is 1. The largest absolute Gasteiger partial charge is 0.491 e. The standard InChI is InChI=1S/C23H23Cl2FN2O4/c24-14-1-6-21-13(7-14)8-22(32-21)23(30)28-16-3-2-15(9-16)27-11-17(29)12-31-18-4-5-19(25)20(26)10-18/h1,4-8,10,15-17,27,29H,2-3,9,11-12H2,(H,28,30)/t15-,16-,17-/m1/s1. The lowest BCUT2D eigenvalue weighted by Crippen LogP contribution is -2.39. The zero-order valence-electron chi connectivity index (χ0n) is 17.1. The molecule has 9 heteroatoms. The number of hydrogen-bond donors (Lipinski definition) is 3. The van der Waals surface area contributed by atoms with Crippen LogP contribution in [0, 0.1) is 5.82 Å². The second kappa shape index (κ2) is 10.1. The number of carbonyl (C=O) groups excluding carboxylic acids is 1. The molecular weight excluding hydrogens is 458 g/mol. The van der Waals surface area contributed by atoms with Gasteiger partial charge in [-0.25, -0.2) is 4.39 Å². The van der Waals surface area contributed by atoms with Crippen LogP contribution in [0.1, 0.15) is 29.8 Å². The van der Waals surface area contributed by atoms with E-state index in [0.29, 0.717) is 22.9 Å². The van der Waals surface area contributed by atoms with Gasteiger partial charge in [-0.05, 0) is 55.7 Å². The Morgan fingerprint density at radius 3 is 2.81 bits per heavy atom. The molecule has 1 amide bonds. The minimum Gasteiger partial charge on any atom is -0.491 e. The molecule has 1 aromatic heterocycles. The van der Waals surface area contributed by atoms with Crippen LogP contribution in [0.2, 0.25) is 10.0 Å². The average Bonchev–Trinajstić information content (AvgIpc) is 3.39. The van der Waals surface area contributed by atoms with E-state index in [-0.39, 0.29) is 35.4 Å². The molecule has 1 heterocycles. The predicted octanol–water partition coefficient (Wildman–Crippen LogP) is 4.56. The maximum Gasteiger partial charge on any atom is 0.287 e. The molecule has 6 nitrogen and oxygen atoms in total. The monoisotopic (exact) mass is 480 g/mol. The molecular formula is C23H23Cl2FN2O4. The van der Waals surface area contributed by atoms with Gasteiger partial charge < -0.3 is 24.9 Å². The third-order valence-corrected chi connectivity index (χ3v) is 5.99. The lowest BCUT2D eigenvalue weighted by Gasteiger charge is -2.17. The number of aliphatic hydroxyl groups is 1. The van der Waals surface area contributed by atoms with Crippen LogP contribution in [0.3, 0.4) is 0 Å². The number of halogens is 3. The summed E-state index contributed by atoms with van der Waals surface area (Å²) in [7, 11) is 0. The summed E-state index contributed by atoms with van der Waals surface area (Å²) in [6.07, 6.45) is 1.68. The van der Waals surface area contributed by atoms with Crippen molar-refractivity contribution in [1.82, 2.24) is 10.6 Å². The van der Waals surface area contributed by atoms with Crippen molar-refractivity contribution in [3.63, 3.8) is 0 Å². The van der Waals surface area contributed by atoms with Crippen molar-refractivity contribution in [2.75, 3.05) is 13.2 Å². The molecule has 4 rings (SSSR count). The minimum absolute atomic E-state index is 0.0160. The summed E-state index contributed by atoms with van der Waals surface area (Å²) in [5.41, 5.74) is 0.614. The summed E-state index contributed by atoms with van der Waals surface area (Å²) in [5, 5.41) is 17.8. The van der Waals surface area contributed by atoms with Gasteiger partial charge in [0.15, 0.2) is 5.76 Å². The van der Waals surface area contributed by atoms with E-state index in [9.17, 15) is 14.3 Å². The average molecular weight is 481 g/mol. The Bertz CT molecular complexity index is 1110. The highest BCUT2D eigenvalue weighted by Gasteiger charge is 2.27. The molecule has 1 aliphatic rings. The highest BCUT2D eigenvalue weighted by atomic mass is 35.5. The van der Waals surface area contributed by atoms with Crippen molar-refractivity contribution in [3.05, 3.63) is 64.1 Å². The zero-order chi connectivity index (χ0) is 22.7. The summed E-state index contributed by atoms with van der Waals surface area (Å²) in [4.78, 5) is 12.5. The lowest BCUT2D eigenvalue weighted by molar-refractivity contribution is 0.0910. The van der Waals surface area contributed by atoms with E-state index in [1.54, 1.807) is 30.3 Å². The maximum absolute atomic E-state index is 13.4. The summed E-state index contributed by atoms with van der Waals surface area (Å²) < 4.78 is 24.5. The van der Waals surface area contributed by atoms with Crippen LogP contribution in [0.5, 0.6) is 5.75 Å². The number of carbonyl (C=O) groups is 1. The van der Waals surface area contributed by atoms with Crippen molar-refractivity contribution in [2.45, 2.75) is 37.5 Å². The van der Waals surface area contributed by atoms with E-state index in [0.717, 1.165) is 24.6 Å².